The summed E-state index contributed by atoms with van der Waals surface area (Å²) >= 11 is 6.29. The lowest BCUT2D eigenvalue weighted by molar-refractivity contribution is -0.129. The third-order valence-corrected chi connectivity index (χ3v) is 8.91. The lowest BCUT2D eigenvalue weighted by atomic mass is 9.67. The van der Waals surface area contributed by atoms with Crippen LogP contribution in [0, 0.1) is 28.1 Å². The number of fused-ring (bicyclic) bond motifs is 1. The van der Waals surface area contributed by atoms with Crippen LogP contribution in [0.4, 0.5) is 0 Å². The summed E-state index contributed by atoms with van der Waals surface area (Å²) < 4.78 is 0. The first kappa shape index (κ1) is 24.8. The van der Waals surface area contributed by atoms with Gasteiger partial charge in [0.2, 0.25) is 5.91 Å². The van der Waals surface area contributed by atoms with Gasteiger partial charge >= 0.3 is 0 Å². The average Bonchev–Trinajstić information content (AvgIpc) is 3.43. The second-order valence-electron chi connectivity index (χ2n) is 11.9. The number of rotatable bonds is 5. The summed E-state index contributed by atoms with van der Waals surface area (Å²) in [5.74, 6) is -0.580. The predicted octanol–water partition coefficient (Wildman–Crippen LogP) is 5.00. The van der Waals surface area contributed by atoms with Crippen molar-refractivity contribution in [2.24, 2.45) is 16.7 Å². The highest BCUT2D eigenvalue weighted by molar-refractivity contribution is 6.35. The van der Waals surface area contributed by atoms with Gasteiger partial charge in [-0.15, -0.1) is 0 Å². The Kier molecular flexibility index (Phi) is 6.36. The van der Waals surface area contributed by atoms with Crippen LogP contribution in [0.25, 0.3) is 10.9 Å². The number of nitrogens with one attached hydrogen (secondary N) is 2. The highest BCUT2D eigenvalue weighted by Crippen LogP contribution is 2.50. The van der Waals surface area contributed by atoms with Crippen LogP contribution < -0.4 is 5.32 Å². The molecule has 1 aliphatic heterocycles. The van der Waals surface area contributed by atoms with Crippen molar-refractivity contribution in [3.8, 4) is 6.07 Å². The molecule has 0 bridgehead atoms. The molecule has 7 nitrogen and oxygen atoms in total. The fraction of sp³-hybridized carbons (Fsp3) is 0.571. The second kappa shape index (κ2) is 9.23. The number of carbonyl (C=O) groups is 3. The van der Waals surface area contributed by atoms with Gasteiger partial charge in [-0.2, -0.15) is 5.26 Å². The molecule has 36 heavy (non-hydrogen) atoms. The van der Waals surface area contributed by atoms with Crippen molar-refractivity contribution < 1.29 is 14.4 Å². The first-order valence-corrected chi connectivity index (χ1v) is 13.3. The van der Waals surface area contributed by atoms with Crippen molar-refractivity contribution in [1.29, 1.82) is 5.26 Å². The summed E-state index contributed by atoms with van der Waals surface area (Å²) in [7, 11) is 0. The van der Waals surface area contributed by atoms with Gasteiger partial charge in [0.25, 0.3) is 5.91 Å². The van der Waals surface area contributed by atoms with E-state index in [9.17, 15) is 19.6 Å². The van der Waals surface area contributed by atoms with E-state index in [4.69, 9.17) is 11.6 Å². The number of hydrogen-bond acceptors (Lipinski definition) is 4. The minimum atomic E-state index is -0.755. The van der Waals surface area contributed by atoms with Crippen LogP contribution >= 0.6 is 11.6 Å². The smallest absolute Gasteiger partial charge is 0.271 e. The number of nitrogens with zero attached hydrogens (tertiary/aromatic N) is 2. The van der Waals surface area contributed by atoms with Gasteiger partial charge in [-0.3, -0.25) is 14.4 Å². The standard InChI is InChI=1S/C28H33ClN4O3/c1-27(2)10-7-17(23(34)14-27)11-19(15-30)31-25(35)22-13-28(8-4-9-28)16-33(22)26(36)21-12-18-5-3-6-20(29)24(18)32-21/h3,5-6,12,17,19,22,32H,4,7-11,13-14,16H2,1-2H3,(H,31,35)/t17-,19-,22?/m0/s1. The summed E-state index contributed by atoms with van der Waals surface area (Å²) in [6, 6.07) is 8.06. The third-order valence-electron chi connectivity index (χ3n) is 8.59. The van der Waals surface area contributed by atoms with E-state index in [-0.39, 0.29) is 34.3 Å². The van der Waals surface area contributed by atoms with Crippen molar-refractivity contribution in [2.75, 3.05) is 6.54 Å². The van der Waals surface area contributed by atoms with Crippen LogP contribution in [-0.4, -0.2) is 46.1 Å². The molecule has 1 unspecified atom stereocenters. The highest BCUT2D eigenvalue weighted by atomic mass is 35.5. The van der Waals surface area contributed by atoms with Gasteiger partial charge in [0.05, 0.1) is 16.6 Å². The molecule has 3 aliphatic rings. The van der Waals surface area contributed by atoms with E-state index < -0.39 is 12.1 Å². The predicted molar refractivity (Wildman–Crippen MR) is 137 cm³/mol. The first-order chi connectivity index (χ1) is 17.1. The number of aromatic nitrogens is 1. The topological polar surface area (TPSA) is 106 Å². The molecule has 1 spiro atoms. The van der Waals surface area contributed by atoms with Crippen LogP contribution in [0.1, 0.15) is 75.7 Å². The lowest BCUT2D eigenvalue weighted by Gasteiger charge is -2.37. The number of nitriles is 1. The van der Waals surface area contributed by atoms with Gasteiger partial charge in [-0.1, -0.05) is 44.0 Å². The molecule has 190 valence electrons. The SMILES string of the molecule is CC1(C)CC[C@@H](C[C@@H](C#N)NC(=O)C2CC3(CCC3)CN2C(=O)c2cc3cccc(Cl)c3[nH]2)C(=O)C1. The number of ketones is 1. The Morgan fingerprint density at radius 1 is 1.31 bits per heavy atom. The molecule has 1 aromatic carbocycles. The van der Waals surface area contributed by atoms with E-state index >= 15 is 0 Å². The van der Waals surface area contributed by atoms with Crippen molar-refractivity contribution in [3.05, 3.63) is 35.0 Å². The van der Waals surface area contributed by atoms with Gasteiger partial charge in [0.1, 0.15) is 23.6 Å². The van der Waals surface area contributed by atoms with Gasteiger partial charge in [0, 0.05) is 24.3 Å². The molecule has 2 heterocycles. The molecule has 2 aromatic rings. The third kappa shape index (κ3) is 4.64. The van der Waals surface area contributed by atoms with E-state index in [0.717, 1.165) is 37.5 Å². The number of benzene rings is 1. The normalized spacial score (nSPS) is 25.4. The van der Waals surface area contributed by atoms with Gasteiger partial charge in [-0.05, 0) is 61.5 Å². The molecule has 5 rings (SSSR count). The van der Waals surface area contributed by atoms with Crippen molar-refractivity contribution in [2.45, 2.75) is 77.3 Å². The first-order valence-electron chi connectivity index (χ1n) is 12.9. The average molecular weight is 509 g/mol. The molecule has 3 atom stereocenters. The number of hydrogen-bond donors (Lipinski definition) is 2. The number of Topliss-reactive ketones (excluding diaryl/α,β-unsaturated/α-hetero) is 1. The van der Waals surface area contributed by atoms with E-state index in [2.05, 4.69) is 30.2 Å². The zero-order valence-corrected chi connectivity index (χ0v) is 21.7. The van der Waals surface area contributed by atoms with Crippen molar-refractivity contribution >= 4 is 40.1 Å². The number of para-hydroxylation sites is 1. The Labute approximate surface area is 216 Å². The zero-order chi connectivity index (χ0) is 25.7. The van der Waals surface area contributed by atoms with Crippen LogP contribution in [0.5, 0.6) is 0 Å². The number of likely N-dealkylation sites (tertiary alicyclic amines) is 1. The largest absolute Gasteiger partial charge is 0.349 e. The lowest BCUT2D eigenvalue weighted by Crippen LogP contribution is -2.49. The zero-order valence-electron chi connectivity index (χ0n) is 20.9. The monoisotopic (exact) mass is 508 g/mol. The van der Waals surface area contributed by atoms with E-state index in [1.165, 1.54) is 0 Å². The van der Waals surface area contributed by atoms with Crippen molar-refractivity contribution in [3.63, 3.8) is 0 Å². The van der Waals surface area contributed by atoms with Gasteiger partial charge in [-0.25, -0.2) is 0 Å². The Bertz CT molecular complexity index is 1260. The van der Waals surface area contributed by atoms with Gasteiger partial charge in [0.15, 0.2) is 0 Å². The highest BCUT2D eigenvalue weighted by Gasteiger charge is 2.52. The Balaban J connectivity index is 1.32. The molecule has 8 heteroatoms. The Morgan fingerprint density at radius 2 is 2.08 bits per heavy atom. The second-order valence-corrected chi connectivity index (χ2v) is 12.3. The van der Waals surface area contributed by atoms with E-state index in [1.54, 1.807) is 17.0 Å². The van der Waals surface area contributed by atoms with Crippen LogP contribution in [-0.2, 0) is 9.59 Å². The van der Waals surface area contributed by atoms with Gasteiger partial charge < -0.3 is 15.2 Å². The van der Waals surface area contributed by atoms with Crippen LogP contribution in [0.15, 0.2) is 24.3 Å². The van der Waals surface area contributed by atoms with E-state index in [1.807, 2.05) is 12.1 Å². The Hall–Kier alpha value is -2.85. The number of halogens is 1. The number of amides is 2. The Morgan fingerprint density at radius 3 is 2.72 bits per heavy atom. The molecular formula is C28H33ClN4O3. The molecule has 0 radical (unpaired) electrons. The summed E-state index contributed by atoms with van der Waals surface area (Å²) in [5.41, 5.74) is 1.06. The quantitative estimate of drug-likeness (QED) is 0.592. The molecule has 2 saturated carbocycles. The maximum absolute atomic E-state index is 13.6. The molecule has 2 N–H and O–H groups in total. The summed E-state index contributed by atoms with van der Waals surface area (Å²) in [5, 5.41) is 14.0. The fourth-order valence-electron chi connectivity index (χ4n) is 6.31. The number of H-pyrrole nitrogens is 1. The molecular weight excluding hydrogens is 476 g/mol. The van der Waals surface area contributed by atoms with Crippen LogP contribution in [0.3, 0.4) is 0 Å². The number of aromatic amines is 1. The summed E-state index contributed by atoms with van der Waals surface area (Å²) in [6.45, 7) is 4.71. The molecule has 2 amide bonds. The van der Waals surface area contributed by atoms with Crippen LogP contribution in [0.2, 0.25) is 5.02 Å². The molecule has 2 aliphatic carbocycles. The molecule has 1 aromatic heterocycles. The molecule has 3 fully saturated rings. The minimum absolute atomic E-state index is 0.00633. The summed E-state index contributed by atoms with van der Waals surface area (Å²) in [4.78, 5) is 44.5. The van der Waals surface area contributed by atoms with Crippen molar-refractivity contribution in [1.82, 2.24) is 15.2 Å². The number of carbonyl (C=O) groups excluding carboxylic acids is 3. The fourth-order valence-corrected chi connectivity index (χ4v) is 6.54. The minimum Gasteiger partial charge on any atom is -0.349 e. The molecule has 1 saturated heterocycles. The summed E-state index contributed by atoms with van der Waals surface area (Å²) in [6.07, 6.45) is 6.17. The maximum Gasteiger partial charge on any atom is 0.271 e. The van der Waals surface area contributed by atoms with E-state index in [0.29, 0.717) is 42.0 Å². The maximum atomic E-state index is 13.6.